The minimum absolute atomic E-state index is 0.00800. The Balaban J connectivity index is 1.79. The molecule has 2 heterocycles. The highest BCUT2D eigenvalue weighted by atomic mass is 16.3. The Morgan fingerprint density at radius 3 is 2.72 bits per heavy atom. The number of amides is 2. The van der Waals surface area contributed by atoms with Gasteiger partial charge in [0.1, 0.15) is 5.76 Å². The van der Waals surface area contributed by atoms with Crippen LogP contribution < -0.4 is 0 Å². The van der Waals surface area contributed by atoms with Crippen LogP contribution in [0.25, 0.3) is 0 Å². The molecular weight excluding hydrogens is 318 g/mol. The van der Waals surface area contributed by atoms with E-state index in [9.17, 15) is 9.59 Å². The zero-order valence-electron chi connectivity index (χ0n) is 14.6. The predicted octanol–water partition coefficient (Wildman–Crippen LogP) is 2.64. The van der Waals surface area contributed by atoms with Crippen molar-refractivity contribution in [1.82, 2.24) is 14.8 Å². The number of aryl methyl sites for hydroxylation is 1. The summed E-state index contributed by atoms with van der Waals surface area (Å²) in [5, 5.41) is 0. The molecule has 1 aromatic heterocycles. The van der Waals surface area contributed by atoms with Gasteiger partial charge in [-0.1, -0.05) is 37.3 Å². The van der Waals surface area contributed by atoms with Crippen molar-refractivity contribution in [2.75, 3.05) is 13.1 Å². The fraction of sp³-hybridized carbons (Fsp3) is 0.421. The summed E-state index contributed by atoms with van der Waals surface area (Å²) in [5.41, 5.74) is 1.43. The molecule has 0 spiro atoms. The van der Waals surface area contributed by atoms with Gasteiger partial charge in [-0.25, -0.2) is 4.98 Å². The van der Waals surface area contributed by atoms with Crippen molar-refractivity contribution in [2.24, 2.45) is 0 Å². The molecule has 132 valence electrons. The maximum atomic E-state index is 12.7. The molecule has 0 N–H and O–H groups in total. The molecule has 1 fully saturated rings. The first-order chi connectivity index (χ1) is 12.1. The largest absolute Gasteiger partial charge is 0.448 e. The molecule has 0 aliphatic carbocycles. The van der Waals surface area contributed by atoms with Crippen molar-refractivity contribution >= 4 is 11.8 Å². The first-order valence-electron chi connectivity index (χ1n) is 8.63. The topological polar surface area (TPSA) is 66.7 Å². The zero-order chi connectivity index (χ0) is 17.8. The Labute approximate surface area is 147 Å². The third kappa shape index (κ3) is 3.73. The molecule has 25 heavy (non-hydrogen) atoms. The monoisotopic (exact) mass is 341 g/mol. The van der Waals surface area contributed by atoms with Crippen molar-refractivity contribution in [2.45, 2.75) is 39.3 Å². The summed E-state index contributed by atoms with van der Waals surface area (Å²) < 4.78 is 5.15. The van der Waals surface area contributed by atoms with E-state index in [-0.39, 0.29) is 17.9 Å². The average Bonchev–Trinajstić information content (AvgIpc) is 2.99. The summed E-state index contributed by atoms with van der Waals surface area (Å²) >= 11 is 0. The fourth-order valence-electron chi connectivity index (χ4n) is 3.21. The van der Waals surface area contributed by atoms with Gasteiger partial charge in [-0.05, 0) is 18.9 Å². The molecule has 1 aliphatic rings. The van der Waals surface area contributed by atoms with E-state index in [1.165, 1.54) is 6.39 Å². The van der Waals surface area contributed by atoms with Crippen molar-refractivity contribution in [3.05, 3.63) is 53.7 Å². The molecule has 2 amide bonds. The highest BCUT2D eigenvalue weighted by Crippen LogP contribution is 2.19. The molecule has 0 unspecified atom stereocenters. The van der Waals surface area contributed by atoms with Gasteiger partial charge in [-0.15, -0.1) is 0 Å². The summed E-state index contributed by atoms with van der Waals surface area (Å²) in [4.78, 5) is 33.1. The van der Waals surface area contributed by atoms with Crippen molar-refractivity contribution < 1.29 is 14.0 Å². The smallest absolute Gasteiger partial charge is 0.276 e. The van der Waals surface area contributed by atoms with E-state index < -0.39 is 0 Å². The maximum Gasteiger partial charge on any atom is 0.276 e. The zero-order valence-corrected chi connectivity index (χ0v) is 14.6. The van der Waals surface area contributed by atoms with Crippen LogP contribution in [-0.2, 0) is 11.3 Å². The van der Waals surface area contributed by atoms with Gasteiger partial charge in [0.05, 0.1) is 0 Å². The second-order valence-corrected chi connectivity index (χ2v) is 6.33. The van der Waals surface area contributed by atoms with Crippen LogP contribution in [0.3, 0.4) is 0 Å². The third-order valence-electron chi connectivity index (χ3n) is 4.69. The summed E-state index contributed by atoms with van der Waals surface area (Å²) in [6.45, 7) is 5.27. The maximum absolute atomic E-state index is 12.7. The van der Waals surface area contributed by atoms with E-state index in [1.54, 1.807) is 11.8 Å². The normalized spacial score (nSPS) is 18.3. The van der Waals surface area contributed by atoms with E-state index in [2.05, 4.69) is 4.98 Å². The summed E-state index contributed by atoms with van der Waals surface area (Å²) in [6.07, 6.45) is 2.40. The van der Waals surface area contributed by atoms with Crippen LogP contribution in [0.1, 0.15) is 41.6 Å². The van der Waals surface area contributed by atoms with Gasteiger partial charge in [-0.2, -0.15) is 0 Å². The Morgan fingerprint density at radius 1 is 1.32 bits per heavy atom. The van der Waals surface area contributed by atoms with Gasteiger partial charge in [0.25, 0.3) is 5.91 Å². The molecule has 0 saturated carbocycles. The molecule has 6 nitrogen and oxygen atoms in total. The van der Waals surface area contributed by atoms with Gasteiger partial charge >= 0.3 is 0 Å². The number of aromatic nitrogens is 1. The first-order valence-corrected chi connectivity index (χ1v) is 8.63. The standard InChI is InChI=1S/C19H23N3O3/c1-3-16-12-21(19(24)18-14(2)25-13-20-18)10-9-17(23)22(16)11-15-7-5-4-6-8-15/h4-8,13,16H,3,9-12H2,1-2H3/t16-/m0/s1. The number of hydrogen-bond donors (Lipinski definition) is 0. The number of carbonyl (C=O) groups excluding carboxylic acids is 2. The van der Waals surface area contributed by atoms with E-state index >= 15 is 0 Å². The average molecular weight is 341 g/mol. The van der Waals surface area contributed by atoms with Crippen molar-refractivity contribution in [3.8, 4) is 0 Å². The highest BCUT2D eigenvalue weighted by Gasteiger charge is 2.32. The lowest BCUT2D eigenvalue weighted by atomic mass is 10.1. The van der Waals surface area contributed by atoms with Crippen LogP contribution in [0.4, 0.5) is 0 Å². The molecular formula is C19H23N3O3. The van der Waals surface area contributed by atoms with E-state index in [0.29, 0.717) is 37.5 Å². The molecule has 2 aromatic rings. The molecule has 1 atom stereocenters. The molecule has 0 bridgehead atoms. The number of benzene rings is 1. The Hall–Kier alpha value is -2.63. The molecule has 1 saturated heterocycles. The van der Waals surface area contributed by atoms with E-state index in [4.69, 9.17) is 4.42 Å². The lowest BCUT2D eigenvalue weighted by molar-refractivity contribution is -0.133. The van der Waals surface area contributed by atoms with Gasteiger partial charge < -0.3 is 14.2 Å². The van der Waals surface area contributed by atoms with Gasteiger partial charge in [0.2, 0.25) is 5.91 Å². The second-order valence-electron chi connectivity index (χ2n) is 6.33. The lowest BCUT2D eigenvalue weighted by Crippen LogP contribution is -2.44. The van der Waals surface area contributed by atoms with Gasteiger partial charge in [-0.3, -0.25) is 9.59 Å². The molecule has 1 aromatic carbocycles. The quantitative estimate of drug-likeness (QED) is 0.857. The van der Waals surface area contributed by atoms with Crippen molar-refractivity contribution in [3.63, 3.8) is 0 Å². The summed E-state index contributed by atoms with van der Waals surface area (Å²) in [5.74, 6) is 0.428. The molecule has 1 aliphatic heterocycles. The summed E-state index contributed by atoms with van der Waals surface area (Å²) in [6, 6.07) is 9.94. The first kappa shape index (κ1) is 17.2. The molecule has 0 radical (unpaired) electrons. The van der Waals surface area contributed by atoms with E-state index in [1.807, 2.05) is 42.2 Å². The number of oxazole rings is 1. The number of nitrogens with zero attached hydrogens (tertiary/aromatic N) is 3. The van der Waals surface area contributed by atoms with Gasteiger partial charge in [0.15, 0.2) is 12.1 Å². The Kier molecular flexibility index (Phi) is 5.16. The number of rotatable bonds is 4. The van der Waals surface area contributed by atoms with Gasteiger partial charge in [0, 0.05) is 32.1 Å². The second kappa shape index (κ2) is 7.51. The number of carbonyl (C=O) groups is 2. The van der Waals surface area contributed by atoms with Crippen LogP contribution in [0.2, 0.25) is 0 Å². The lowest BCUT2D eigenvalue weighted by Gasteiger charge is -2.31. The minimum atomic E-state index is -0.168. The molecule has 3 rings (SSSR count). The highest BCUT2D eigenvalue weighted by molar-refractivity contribution is 5.93. The SMILES string of the molecule is CC[C@H]1CN(C(=O)c2ncoc2C)CCC(=O)N1Cc1ccccc1. The van der Waals surface area contributed by atoms with Crippen LogP contribution in [0.15, 0.2) is 41.1 Å². The van der Waals surface area contributed by atoms with E-state index in [0.717, 1.165) is 12.0 Å². The summed E-state index contributed by atoms with van der Waals surface area (Å²) in [7, 11) is 0. The van der Waals surface area contributed by atoms with Crippen LogP contribution in [0.5, 0.6) is 0 Å². The Morgan fingerprint density at radius 2 is 2.08 bits per heavy atom. The van der Waals surface area contributed by atoms with Crippen LogP contribution in [0, 0.1) is 6.92 Å². The number of hydrogen-bond acceptors (Lipinski definition) is 4. The Bertz CT molecular complexity index is 741. The minimum Gasteiger partial charge on any atom is -0.448 e. The van der Waals surface area contributed by atoms with Crippen LogP contribution >= 0.6 is 0 Å². The predicted molar refractivity (Wildman–Crippen MR) is 92.8 cm³/mol. The third-order valence-corrected chi connectivity index (χ3v) is 4.69. The van der Waals surface area contributed by atoms with Crippen molar-refractivity contribution in [1.29, 1.82) is 0 Å². The fourth-order valence-corrected chi connectivity index (χ4v) is 3.21. The van der Waals surface area contributed by atoms with Crippen LogP contribution in [-0.4, -0.2) is 45.7 Å². The molecule has 6 heteroatoms.